The van der Waals surface area contributed by atoms with E-state index in [1.165, 1.54) is 17.4 Å². The van der Waals surface area contributed by atoms with Gasteiger partial charge in [-0.2, -0.15) is 12.7 Å². The average Bonchev–Trinajstić information content (AvgIpc) is 2.35. The molecule has 5 nitrogen and oxygen atoms in total. The highest BCUT2D eigenvalue weighted by Crippen LogP contribution is 2.29. The van der Waals surface area contributed by atoms with Crippen LogP contribution in [0.25, 0.3) is 0 Å². The summed E-state index contributed by atoms with van der Waals surface area (Å²) in [5, 5.41) is 3.75. The molecule has 0 unspecified atom stereocenters. The number of benzene rings is 1. The van der Waals surface area contributed by atoms with Crippen molar-refractivity contribution < 1.29 is 8.42 Å². The van der Waals surface area contributed by atoms with Crippen LogP contribution >= 0.6 is 23.2 Å². The highest BCUT2D eigenvalue weighted by Gasteiger charge is 2.18. The van der Waals surface area contributed by atoms with E-state index in [0.29, 0.717) is 16.6 Å². The fraction of sp³-hybridized carbons (Fsp3) is 0.500. The molecule has 2 N–H and O–H groups in total. The quantitative estimate of drug-likeness (QED) is 0.750. The van der Waals surface area contributed by atoms with Gasteiger partial charge in [-0.25, -0.2) is 0 Å². The van der Waals surface area contributed by atoms with Gasteiger partial charge in [0.25, 0.3) is 0 Å². The molecule has 0 amide bonds. The van der Waals surface area contributed by atoms with E-state index in [9.17, 15) is 8.42 Å². The van der Waals surface area contributed by atoms with Crippen LogP contribution in [-0.4, -0.2) is 39.9 Å². The van der Waals surface area contributed by atoms with Crippen LogP contribution in [0.1, 0.15) is 12.0 Å². The molecular weight excluding hydrogens is 321 g/mol. The summed E-state index contributed by atoms with van der Waals surface area (Å²) in [5.74, 6) is 0. The van der Waals surface area contributed by atoms with Gasteiger partial charge in [-0.3, -0.25) is 4.72 Å². The van der Waals surface area contributed by atoms with Crippen LogP contribution in [0.5, 0.6) is 0 Å². The fourth-order valence-corrected chi connectivity index (χ4v) is 3.00. The summed E-state index contributed by atoms with van der Waals surface area (Å²) in [5.41, 5.74) is 1.07. The zero-order chi connectivity index (χ0) is 15.3. The van der Waals surface area contributed by atoms with E-state index < -0.39 is 10.2 Å². The Bertz CT molecular complexity index is 564. The Labute approximate surface area is 130 Å². The van der Waals surface area contributed by atoms with E-state index in [1.54, 1.807) is 13.0 Å². The Hall–Kier alpha value is -0.530. The van der Waals surface area contributed by atoms with Gasteiger partial charge in [0.05, 0.1) is 10.7 Å². The lowest BCUT2D eigenvalue weighted by atomic mass is 10.2. The van der Waals surface area contributed by atoms with Crippen molar-refractivity contribution in [3.05, 3.63) is 27.7 Å². The molecule has 0 saturated carbocycles. The third-order valence-corrected chi connectivity index (χ3v) is 5.00. The van der Waals surface area contributed by atoms with Gasteiger partial charge in [-0.05, 0) is 44.6 Å². The zero-order valence-corrected chi connectivity index (χ0v) is 14.0. The van der Waals surface area contributed by atoms with Gasteiger partial charge in [0.1, 0.15) is 0 Å². The molecular formula is C12H19Cl2N3O2S. The van der Waals surface area contributed by atoms with Crippen LogP contribution in [0.2, 0.25) is 10.0 Å². The number of hydrogen-bond donors (Lipinski definition) is 2. The Morgan fingerprint density at radius 2 is 1.90 bits per heavy atom. The molecule has 0 aromatic heterocycles. The van der Waals surface area contributed by atoms with E-state index in [-0.39, 0.29) is 5.69 Å². The third-order valence-electron chi connectivity index (χ3n) is 2.80. The zero-order valence-electron chi connectivity index (χ0n) is 11.7. The van der Waals surface area contributed by atoms with Gasteiger partial charge in [0.2, 0.25) is 0 Å². The summed E-state index contributed by atoms with van der Waals surface area (Å²) in [7, 11) is -0.298. The maximum absolute atomic E-state index is 12.1. The molecule has 8 heteroatoms. The topological polar surface area (TPSA) is 61.4 Å². The molecule has 1 aromatic rings. The van der Waals surface area contributed by atoms with Gasteiger partial charge in [0, 0.05) is 18.6 Å². The SMILES string of the molecule is CNCCCN(C)S(=O)(=O)Nc1cc(Cl)c(C)cc1Cl. The fourth-order valence-electron chi connectivity index (χ4n) is 1.54. The number of anilines is 1. The number of nitrogens with zero attached hydrogens (tertiary/aromatic N) is 1. The Morgan fingerprint density at radius 1 is 1.25 bits per heavy atom. The molecule has 0 aliphatic carbocycles. The highest BCUT2D eigenvalue weighted by atomic mass is 35.5. The van der Waals surface area contributed by atoms with E-state index >= 15 is 0 Å². The number of aryl methyl sites for hydroxylation is 1. The Balaban J connectivity index is 2.83. The predicted octanol–water partition coefficient (Wildman–Crippen LogP) is 2.50. The van der Waals surface area contributed by atoms with Crippen LogP contribution in [0.3, 0.4) is 0 Å². The van der Waals surface area contributed by atoms with E-state index in [0.717, 1.165) is 18.5 Å². The lowest BCUT2D eigenvalue weighted by Gasteiger charge is -2.19. The van der Waals surface area contributed by atoms with Crippen molar-refractivity contribution in [2.75, 3.05) is 31.9 Å². The van der Waals surface area contributed by atoms with Crippen molar-refractivity contribution in [2.24, 2.45) is 0 Å². The second-order valence-electron chi connectivity index (χ2n) is 4.47. The molecule has 1 aromatic carbocycles. The molecule has 0 saturated heterocycles. The largest absolute Gasteiger partial charge is 0.320 e. The maximum atomic E-state index is 12.1. The second-order valence-corrected chi connectivity index (χ2v) is 7.06. The lowest BCUT2D eigenvalue weighted by Crippen LogP contribution is -2.34. The second kappa shape index (κ2) is 7.47. The maximum Gasteiger partial charge on any atom is 0.301 e. The van der Waals surface area contributed by atoms with Crippen molar-refractivity contribution in [3.8, 4) is 0 Å². The summed E-state index contributed by atoms with van der Waals surface area (Å²) >= 11 is 12.0. The normalized spacial score (nSPS) is 11.9. The highest BCUT2D eigenvalue weighted by molar-refractivity contribution is 7.90. The van der Waals surface area contributed by atoms with Crippen molar-refractivity contribution in [3.63, 3.8) is 0 Å². The minimum Gasteiger partial charge on any atom is -0.320 e. The van der Waals surface area contributed by atoms with Crippen molar-refractivity contribution >= 4 is 39.1 Å². The molecule has 20 heavy (non-hydrogen) atoms. The van der Waals surface area contributed by atoms with Gasteiger partial charge in [0.15, 0.2) is 0 Å². The van der Waals surface area contributed by atoms with Gasteiger partial charge in [-0.15, -0.1) is 0 Å². The van der Waals surface area contributed by atoms with Crippen molar-refractivity contribution in [2.45, 2.75) is 13.3 Å². The summed E-state index contributed by atoms with van der Waals surface area (Å²) < 4.78 is 28.0. The first-order valence-electron chi connectivity index (χ1n) is 6.12. The van der Waals surface area contributed by atoms with Crippen LogP contribution in [0.15, 0.2) is 12.1 Å². The number of rotatable bonds is 7. The summed E-state index contributed by atoms with van der Waals surface area (Å²) in [4.78, 5) is 0. The summed E-state index contributed by atoms with van der Waals surface area (Å²) in [6, 6.07) is 3.14. The molecule has 0 aliphatic rings. The molecule has 0 spiro atoms. The molecule has 0 fully saturated rings. The minimum absolute atomic E-state index is 0.280. The van der Waals surface area contributed by atoms with E-state index in [2.05, 4.69) is 10.0 Å². The van der Waals surface area contributed by atoms with Crippen molar-refractivity contribution in [1.82, 2.24) is 9.62 Å². The smallest absolute Gasteiger partial charge is 0.301 e. The van der Waals surface area contributed by atoms with Crippen LogP contribution in [-0.2, 0) is 10.2 Å². The number of nitrogens with one attached hydrogen (secondary N) is 2. The summed E-state index contributed by atoms with van der Waals surface area (Å²) in [6.45, 7) is 2.96. The first-order valence-corrected chi connectivity index (χ1v) is 8.32. The molecule has 0 atom stereocenters. The molecule has 1 rings (SSSR count). The van der Waals surface area contributed by atoms with Gasteiger partial charge < -0.3 is 5.32 Å². The number of halogens is 2. The predicted molar refractivity (Wildman–Crippen MR) is 84.9 cm³/mol. The first kappa shape index (κ1) is 17.5. The van der Waals surface area contributed by atoms with Crippen LogP contribution in [0, 0.1) is 6.92 Å². The van der Waals surface area contributed by atoms with Crippen molar-refractivity contribution in [1.29, 1.82) is 0 Å². The monoisotopic (exact) mass is 339 g/mol. The van der Waals surface area contributed by atoms with Crippen LogP contribution < -0.4 is 10.0 Å². The molecule has 0 radical (unpaired) electrons. The minimum atomic E-state index is -3.63. The van der Waals surface area contributed by atoms with Gasteiger partial charge in [-0.1, -0.05) is 23.2 Å². The van der Waals surface area contributed by atoms with Gasteiger partial charge >= 0.3 is 10.2 Å². The Morgan fingerprint density at radius 3 is 2.50 bits per heavy atom. The molecule has 114 valence electrons. The molecule has 0 bridgehead atoms. The molecule has 0 heterocycles. The summed E-state index contributed by atoms with van der Waals surface area (Å²) in [6.07, 6.45) is 0.719. The average molecular weight is 340 g/mol. The number of hydrogen-bond acceptors (Lipinski definition) is 3. The standard InChI is InChI=1S/C12H19Cl2N3O2S/c1-9-7-11(14)12(8-10(9)13)16-20(18,19)17(3)6-4-5-15-2/h7-8,15-16H,4-6H2,1-3H3. The first-order chi connectivity index (χ1) is 9.27. The molecule has 0 aliphatic heterocycles. The van der Waals surface area contributed by atoms with Crippen LogP contribution in [0.4, 0.5) is 5.69 Å². The van der Waals surface area contributed by atoms with E-state index in [1.807, 2.05) is 7.05 Å². The third kappa shape index (κ3) is 4.79. The Kier molecular flexibility index (Phi) is 6.54. The van der Waals surface area contributed by atoms with E-state index in [4.69, 9.17) is 23.2 Å². The lowest BCUT2D eigenvalue weighted by molar-refractivity contribution is 0.462.